The lowest BCUT2D eigenvalue weighted by atomic mass is 10.0. The van der Waals surface area contributed by atoms with Crippen molar-refractivity contribution < 1.29 is 13.9 Å². The van der Waals surface area contributed by atoms with E-state index in [-0.39, 0.29) is 12.0 Å². The smallest absolute Gasteiger partial charge is 0.200 e. The summed E-state index contributed by atoms with van der Waals surface area (Å²) in [7, 11) is 1.60. The molecule has 1 aromatic heterocycles. The molecule has 6 heteroatoms. The lowest BCUT2D eigenvalue weighted by Gasteiger charge is -2.11. The van der Waals surface area contributed by atoms with Crippen molar-refractivity contribution in [3.05, 3.63) is 92.3 Å². The monoisotopic (exact) mass is 440 g/mol. The van der Waals surface area contributed by atoms with Crippen LogP contribution in [-0.2, 0) is 6.61 Å². The van der Waals surface area contributed by atoms with Gasteiger partial charge in [0, 0.05) is 21.7 Å². The van der Waals surface area contributed by atoms with Crippen molar-refractivity contribution in [1.82, 2.24) is 0 Å². The highest BCUT2D eigenvalue weighted by Crippen LogP contribution is 2.29. The zero-order valence-electron chi connectivity index (χ0n) is 16.4. The number of rotatable bonds is 5. The number of methoxy groups -OCH3 is 1. The second-order valence-electron chi connectivity index (χ2n) is 6.74. The Kier molecular flexibility index (Phi) is 5.71. The summed E-state index contributed by atoms with van der Waals surface area (Å²) >= 11 is 12.4. The third-order valence-corrected chi connectivity index (χ3v) is 5.57. The molecule has 0 aliphatic heterocycles. The van der Waals surface area contributed by atoms with E-state index in [0.29, 0.717) is 43.7 Å². The Morgan fingerprint density at radius 2 is 1.60 bits per heavy atom. The lowest BCUT2D eigenvalue weighted by Crippen LogP contribution is -2.07. The first kappa shape index (κ1) is 20.3. The molecule has 3 aromatic carbocycles. The normalized spacial score (nSPS) is 10.9. The number of hydrogen-bond acceptors (Lipinski definition) is 4. The Bertz CT molecular complexity index is 1260. The van der Waals surface area contributed by atoms with E-state index < -0.39 is 0 Å². The van der Waals surface area contributed by atoms with Crippen LogP contribution in [0.1, 0.15) is 11.3 Å². The summed E-state index contributed by atoms with van der Waals surface area (Å²) in [6, 6.07) is 17.8. The van der Waals surface area contributed by atoms with E-state index in [9.17, 15) is 4.79 Å². The van der Waals surface area contributed by atoms with Gasteiger partial charge < -0.3 is 13.9 Å². The summed E-state index contributed by atoms with van der Waals surface area (Å²) in [5, 5.41) is 1.55. The van der Waals surface area contributed by atoms with Crippen molar-refractivity contribution in [2.45, 2.75) is 13.5 Å². The van der Waals surface area contributed by atoms with E-state index in [0.717, 1.165) is 11.3 Å². The van der Waals surface area contributed by atoms with E-state index in [1.807, 2.05) is 24.3 Å². The molecule has 0 N–H and O–H groups in total. The highest BCUT2D eigenvalue weighted by molar-refractivity contribution is 6.35. The van der Waals surface area contributed by atoms with Gasteiger partial charge >= 0.3 is 0 Å². The van der Waals surface area contributed by atoms with Gasteiger partial charge in [-0.25, -0.2) is 0 Å². The van der Waals surface area contributed by atoms with Crippen molar-refractivity contribution in [2.75, 3.05) is 7.11 Å². The third kappa shape index (κ3) is 3.89. The summed E-state index contributed by atoms with van der Waals surface area (Å²) in [6.45, 7) is 1.98. The summed E-state index contributed by atoms with van der Waals surface area (Å²) < 4.78 is 17.0. The summed E-state index contributed by atoms with van der Waals surface area (Å²) in [6.07, 6.45) is 0. The molecule has 4 aromatic rings. The van der Waals surface area contributed by atoms with E-state index in [1.54, 1.807) is 50.4 Å². The van der Waals surface area contributed by atoms with Crippen molar-refractivity contribution in [3.63, 3.8) is 0 Å². The molecule has 0 amide bonds. The Balaban J connectivity index is 1.68. The largest absolute Gasteiger partial charge is 0.497 e. The van der Waals surface area contributed by atoms with Gasteiger partial charge in [-0.2, -0.15) is 0 Å². The fourth-order valence-corrected chi connectivity index (χ4v) is 3.80. The van der Waals surface area contributed by atoms with Gasteiger partial charge in [-0.15, -0.1) is 0 Å². The molecule has 0 unspecified atom stereocenters. The number of benzene rings is 3. The standard InChI is InChI=1S/C24H18Cl2O4/c1-14-23(15-6-8-16(28-2)9-7-15)24(27)18-11-10-17(12-22(18)30-14)29-13-19-20(25)4-3-5-21(19)26/h3-12H,13H2,1-2H3. The average molecular weight is 441 g/mol. The van der Waals surface area contributed by atoms with Crippen molar-refractivity contribution >= 4 is 34.2 Å². The van der Waals surface area contributed by atoms with Crippen LogP contribution in [0.4, 0.5) is 0 Å². The van der Waals surface area contributed by atoms with Crippen molar-refractivity contribution in [3.8, 4) is 22.6 Å². The van der Waals surface area contributed by atoms with Gasteiger partial charge in [0.25, 0.3) is 0 Å². The topological polar surface area (TPSA) is 48.7 Å². The maximum Gasteiger partial charge on any atom is 0.200 e. The third-order valence-electron chi connectivity index (χ3n) is 4.86. The lowest BCUT2D eigenvalue weighted by molar-refractivity contribution is 0.306. The molecular formula is C24H18Cl2O4. The molecule has 152 valence electrons. The molecule has 0 spiro atoms. The summed E-state index contributed by atoms with van der Waals surface area (Å²) in [4.78, 5) is 13.1. The second kappa shape index (κ2) is 8.42. The van der Waals surface area contributed by atoms with Gasteiger partial charge in [0.05, 0.1) is 18.1 Å². The highest BCUT2D eigenvalue weighted by atomic mass is 35.5. The van der Waals surface area contributed by atoms with Crippen LogP contribution >= 0.6 is 23.2 Å². The number of fused-ring (bicyclic) bond motifs is 1. The molecule has 30 heavy (non-hydrogen) atoms. The SMILES string of the molecule is COc1ccc(-c2c(C)oc3cc(OCc4c(Cl)cccc4Cl)ccc3c2=O)cc1. The number of halogens is 2. The number of aryl methyl sites for hydroxylation is 1. The van der Waals surface area contributed by atoms with Crippen LogP contribution < -0.4 is 14.9 Å². The molecule has 0 radical (unpaired) electrons. The summed E-state index contributed by atoms with van der Waals surface area (Å²) in [5.41, 5.74) is 2.37. The van der Waals surface area contributed by atoms with E-state index in [1.165, 1.54) is 0 Å². The molecule has 0 aliphatic carbocycles. The van der Waals surface area contributed by atoms with Crippen LogP contribution in [-0.4, -0.2) is 7.11 Å². The fourth-order valence-electron chi connectivity index (χ4n) is 3.29. The first-order valence-electron chi connectivity index (χ1n) is 9.25. The van der Waals surface area contributed by atoms with Gasteiger partial charge in [0.15, 0.2) is 0 Å². The minimum atomic E-state index is -0.0976. The van der Waals surface area contributed by atoms with Crippen LogP contribution in [0.2, 0.25) is 10.0 Å². The average Bonchev–Trinajstić information content (AvgIpc) is 2.73. The van der Waals surface area contributed by atoms with Gasteiger partial charge in [0.1, 0.15) is 29.4 Å². The molecule has 4 rings (SSSR count). The zero-order chi connectivity index (χ0) is 21.3. The van der Waals surface area contributed by atoms with Crippen LogP contribution in [0.25, 0.3) is 22.1 Å². The van der Waals surface area contributed by atoms with Gasteiger partial charge in [-0.3, -0.25) is 4.79 Å². The molecule has 0 bridgehead atoms. The molecule has 0 atom stereocenters. The second-order valence-corrected chi connectivity index (χ2v) is 7.55. The first-order valence-corrected chi connectivity index (χ1v) is 10.0. The van der Waals surface area contributed by atoms with E-state index >= 15 is 0 Å². The van der Waals surface area contributed by atoms with Crippen LogP contribution in [0.3, 0.4) is 0 Å². The zero-order valence-corrected chi connectivity index (χ0v) is 17.9. The predicted octanol–water partition coefficient (Wildman–Crippen LogP) is 6.66. The maximum atomic E-state index is 13.1. The highest BCUT2D eigenvalue weighted by Gasteiger charge is 2.15. The van der Waals surface area contributed by atoms with Gasteiger partial charge in [-0.05, 0) is 48.9 Å². The van der Waals surface area contributed by atoms with Crippen molar-refractivity contribution in [2.24, 2.45) is 0 Å². The molecule has 1 heterocycles. The van der Waals surface area contributed by atoms with Crippen LogP contribution in [0.5, 0.6) is 11.5 Å². The molecule has 4 nitrogen and oxygen atoms in total. The Hall–Kier alpha value is -2.95. The fraction of sp³-hybridized carbons (Fsp3) is 0.125. The van der Waals surface area contributed by atoms with Crippen LogP contribution in [0.15, 0.2) is 69.9 Å². The molecule has 0 saturated heterocycles. The van der Waals surface area contributed by atoms with Crippen LogP contribution in [0, 0.1) is 6.92 Å². The van der Waals surface area contributed by atoms with Crippen molar-refractivity contribution in [1.29, 1.82) is 0 Å². The Morgan fingerprint density at radius 1 is 0.933 bits per heavy atom. The number of hydrogen-bond donors (Lipinski definition) is 0. The maximum absolute atomic E-state index is 13.1. The molecule has 0 saturated carbocycles. The molecule has 0 fully saturated rings. The van der Waals surface area contributed by atoms with E-state index in [2.05, 4.69) is 0 Å². The Labute approximate surface area is 183 Å². The minimum Gasteiger partial charge on any atom is -0.497 e. The van der Waals surface area contributed by atoms with Gasteiger partial charge in [-0.1, -0.05) is 41.4 Å². The van der Waals surface area contributed by atoms with Gasteiger partial charge in [0.2, 0.25) is 5.43 Å². The molecular weight excluding hydrogens is 423 g/mol. The Morgan fingerprint density at radius 3 is 2.27 bits per heavy atom. The predicted molar refractivity (Wildman–Crippen MR) is 120 cm³/mol. The summed E-state index contributed by atoms with van der Waals surface area (Å²) in [5.74, 6) is 1.81. The number of ether oxygens (including phenoxy) is 2. The first-order chi connectivity index (χ1) is 14.5. The quantitative estimate of drug-likeness (QED) is 0.347. The molecule has 0 aliphatic rings. The minimum absolute atomic E-state index is 0.0976. The van der Waals surface area contributed by atoms with E-state index in [4.69, 9.17) is 37.1 Å².